The summed E-state index contributed by atoms with van der Waals surface area (Å²) < 4.78 is 19.2. The highest BCUT2D eigenvalue weighted by atomic mass is 19.1. The minimum Gasteiger partial charge on any atom is -0.386 e. The molecule has 0 saturated carbocycles. The Bertz CT molecular complexity index is 467. The van der Waals surface area contributed by atoms with Crippen molar-refractivity contribution in [3.63, 3.8) is 0 Å². The molecular formula is C13H18FN3O2. The highest BCUT2D eigenvalue weighted by molar-refractivity contribution is 5.72. The van der Waals surface area contributed by atoms with Crippen molar-refractivity contribution in [1.29, 1.82) is 0 Å². The Morgan fingerprint density at radius 1 is 1.58 bits per heavy atom. The quantitative estimate of drug-likeness (QED) is 0.859. The Morgan fingerprint density at radius 2 is 2.37 bits per heavy atom. The number of carbonyl (C=O) groups excluding carboxylic acids is 1. The van der Waals surface area contributed by atoms with Crippen molar-refractivity contribution in [2.24, 2.45) is 0 Å². The molecular weight excluding hydrogens is 249 g/mol. The zero-order valence-corrected chi connectivity index (χ0v) is 11.1. The number of amides is 1. The van der Waals surface area contributed by atoms with Gasteiger partial charge in [-0.3, -0.25) is 4.79 Å². The van der Waals surface area contributed by atoms with Gasteiger partial charge in [-0.05, 0) is 18.2 Å². The van der Waals surface area contributed by atoms with Gasteiger partial charge in [0.1, 0.15) is 12.5 Å². The van der Waals surface area contributed by atoms with Crippen LogP contribution in [0.1, 0.15) is 6.92 Å². The van der Waals surface area contributed by atoms with E-state index in [9.17, 15) is 9.18 Å². The van der Waals surface area contributed by atoms with Crippen LogP contribution in [0.2, 0.25) is 0 Å². The maximum absolute atomic E-state index is 13.7. The summed E-state index contributed by atoms with van der Waals surface area (Å²) in [6.45, 7) is 2.99. The average Bonchev–Trinajstić information content (AvgIpc) is 2.85. The first-order valence-electron chi connectivity index (χ1n) is 6.18. The van der Waals surface area contributed by atoms with Gasteiger partial charge in [-0.2, -0.15) is 0 Å². The molecule has 19 heavy (non-hydrogen) atoms. The molecule has 0 radical (unpaired) electrons. The van der Waals surface area contributed by atoms with Crippen LogP contribution in [-0.4, -0.2) is 38.9 Å². The molecule has 1 heterocycles. The third-order valence-corrected chi connectivity index (χ3v) is 3.06. The summed E-state index contributed by atoms with van der Waals surface area (Å²) in [6, 6.07) is 5.03. The number of nitrogens with zero attached hydrogens (tertiary/aromatic N) is 1. The normalized spacial score (nSPS) is 18.5. The van der Waals surface area contributed by atoms with Gasteiger partial charge >= 0.3 is 0 Å². The van der Waals surface area contributed by atoms with Crippen LogP contribution in [0.15, 0.2) is 18.2 Å². The molecule has 1 aromatic carbocycles. The number of hydrogen-bond acceptors (Lipinski definition) is 4. The molecule has 1 aliphatic heterocycles. The molecule has 2 rings (SSSR count). The van der Waals surface area contributed by atoms with Gasteiger partial charge in [0.2, 0.25) is 5.91 Å². The molecule has 104 valence electrons. The number of halogens is 1. The maximum Gasteiger partial charge on any atom is 0.216 e. The largest absolute Gasteiger partial charge is 0.386 e. The lowest BCUT2D eigenvalue weighted by atomic mass is 10.2. The average molecular weight is 267 g/mol. The van der Waals surface area contributed by atoms with Gasteiger partial charge in [0.05, 0.1) is 11.8 Å². The van der Waals surface area contributed by atoms with Gasteiger partial charge in [-0.15, -0.1) is 0 Å². The van der Waals surface area contributed by atoms with Crippen LogP contribution in [0.4, 0.5) is 15.8 Å². The van der Waals surface area contributed by atoms with E-state index in [1.165, 1.54) is 13.0 Å². The van der Waals surface area contributed by atoms with Crippen molar-refractivity contribution in [3.8, 4) is 0 Å². The van der Waals surface area contributed by atoms with E-state index in [0.29, 0.717) is 25.5 Å². The molecule has 1 aromatic rings. The lowest BCUT2D eigenvalue weighted by Crippen LogP contribution is -2.33. The van der Waals surface area contributed by atoms with Crippen molar-refractivity contribution >= 4 is 17.3 Å². The summed E-state index contributed by atoms with van der Waals surface area (Å²) in [4.78, 5) is 12.8. The molecule has 0 aromatic heterocycles. The first-order chi connectivity index (χ1) is 9.10. The van der Waals surface area contributed by atoms with Crippen LogP contribution in [0.5, 0.6) is 0 Å². The van der Waals surface area contributed by atoms with E-state index in [4.69, 9.17) is 4.74 Å². The Balaban J connectivity index is 1.96. The maximum atomic E-state index is 13.7. The van der Waals surface area contributed by atoms with Crippen LogP contribution in [0, 0.1) is 5.82 Å². The Morgan fingerprint density at radius 3 is 3.00 bits per heavy atom. The highest BCUT2D eigenvalue weighted by Crippen LogP contribution is 2.24. The lowest BCUT2D eigenvalue weighted by Gasteiger charge is -2.17. The van der Waals surface area contributed by atoms with E-state index in [-0.39, 0.29) is 17.8 Å². The molecule has 1 atom stereocenters. The van der Waals surface area contributed by atoms with Crippen LogP contribution in [-0.2, 0) is 9.53 Å². The van der Waals surface area contributed by atoms with E-state index in [1.54, 1.807) is 13.1 Å². The third-order valence-electron chi connectivity index (χ3n) is 3.06. The number of carbonyl (C=O) groups is 1. The number of ether oxygens (including phenoxy) is 1. The molecule has 1 fully saturated rings. The second kappa shape index (κ2) is 5.88. The second-order valence-electron chi connectivity index (χ2n) is 4.49. The van der Waals surface area contributed by atoms with E-state index in [0.717, 1.165) is 5.69 Å². The first kappa shape index (κ1) is 13.6. The van der Waals surface area contributed by atoms with Crippen LogP contribution < -0.4 is 15.5 Å². The molecule has 0 spiro atoms. The van der Waals surface area contributed by atoms with E-state index in [1.807, 2.05) is 11.0 Å². The summed E-state index contributed by atoms with van der Waals surface area (Å²) >= 11 is 0. The predicted molar refractivity (Wildman–Crippen MR) is 71.7 cm³/mol. The summed E-state index contributed by atoms with van der Waals surface area (Å²) in [5.41, 5.74) is 1.25. The molecule has 6 heteroatoms. The number of hydrogen-bond donors (Lipinski definition) is 2. The molecule has 2 N–H and O–H groups in total. The second-order valence-corrected chi connectivity index (χ2v) is 4.49. The van der Waals surface area contributed by atoms with E-state index < -0.39 is 0 Å². The minimum absolute atomic E-state index is 0.0593. The number of benzene rings is 1. The molecule has 5 nitrogen and oxygen atoms in total. The zero-order chi connectivity index (χ0) is 13.8. The van der Waals surface area contributed by atoms with Gasteiger partial charge in [-0.25, -0.2) is 4.39 Å². The van der Waals surface area contributed by atoms with Crippen LogP contribution >= 0.6 is 0 Å². The lowest BCUT2D eigenvalue weighted by molar-refractivity contribution is -0.119. The highest BCUT2D eigenvalue weighted by Gasteiger charge is 2.23. The first-order valence-corrected chi connectivity index (χ1v) is 6.18. The topological polar surface area (TPSA) is 53.6 Å². The summed E-state index contributed by atoms with van der Waals surface area (Å²) in [5.74, 6) is -0.364. The monoisotopic (exact) mass is 267 g/mol. The van der Waals surface area contributed by atoms with Crippen molar-refractivity contribution in [3.05, 3.63) is 24.0 Å². The molecule has 0 bridgehead atoms. The zero-order valence-electron chi connectivity index (χ0n) is 11.1. The third kappa shape index (κ3) is 3.35. The van der Waals surface area contributed by atoms with Crippen LogP contribution in [0.3, 0.4) is 0 Å². The van der Waals surface area contributed by atoms with Crippen molar-refractivity contribution in [2.75, 3.05) is 37.1 Å². The Labute approximate surface area is 111 Å². The summed E-state index contributed by atoms with van der Waals surface area (Å²) in [6.07, 6.45) is -0.0593. The SMILES string of the molecule is CNc1ccc(N2CO[C@@H](CNC(C)=O)C2)cc1F. The van der Waals surface area contributed by atoms with Crippen LogP contribution in [0.25, 0.3) is 0 Å². The number of nitrogens with one attached hydrogen (secondary N) is 2. The summed E-state index contributed by atoms with van der Waals surface area (Å²) in [5, 5.41) is 5.50. The van der Waals surface area contributed by atoms with Crippen molar-refractivity contribution in [1.82, 2.24) is 5.32 Å². The number of anilines is 2. The Kier molecular flexibility index (Phi) is 4.21. The van der Waals surface area contributed by atoms with Gasteiger partial charge in [0.15, 0.2) is 0 Å². The molecule has 1 saturated heterocycles. The van der Waals surface area contributed by atoms with Crippen molar-refractivity contribution < 1.29 is 13.9 Å². The van der Waals surface area contributed by atoms with Gasteiger partial charge < -0.3 is 20.3 Å². The fraction of sp³-hybridized carbons (Fsp3) is 0.462. The van der Waals surface area contributed by atoms with Crippen molar-refractivity contribution in [2.45, 2.75) is 13.0 Å². The smallest absolute Gasteiger partial charge is 0.216 e. The Hall–Kier alpha value is -1.82. The standard InChI is InChI=1S/C13H18FN3O2/c1-9(18)16-6-11-7-17(8-19-11)10-3-4-13(15-2)12(14)5-10/h3-5,11,15H,6-8H2,1-2H3,(H,16,18)/t11-/m0/s1. The predicted octanol–water partition coefficient (Wildman–Crippen LogP) is 1.17. The fourth-order valence-electron chi connectivity index (χ4n) is 2.01. The van der Waals surface area contributed by atoms with E-state index in [2.05, 4.69) is 10.6 Å². The van der Waals surface area contributed by atoms with Gasteiger partial charge in [0.25, 0.3) is 0 Å². The van der Waals surface area contributed by atoms with E-state index >= 15 is 0 Å². The fourth-order valence-corrected chi connectivity index (χ4v) is 2.01. The molecule has 0 unspecified atom stereocenters. The van der Waals surface area contributed by atoms with Gasteiger partial charge in [0, 0.05) is 32.7 Å². The van der Waals surface area contributed by atoms with Gasteiger partial charge in [-0.1, -0.05) is 0 Å². The minimum atomic E-state index is -0.287. The molecule has 0 aliphatic carbocycles. The molecule has 1 amide bonds. The summed E-state index contributed by atoms with van der Waals surface area (Å²) in [7, 11) is 1.68. The number of rotatable bonds is 4. The molecule has 1 aliphatic rings.